The van der Waals surface area contributed by atoms with Gasteiger partial charge in [0.05, 0.1) is 22.9 Å². The summed E-state index contributed by atoms with van der Waals surface area (Å²) in [7, 11) is 0. The van der Waals surface area contributed by atoms with Gasteiger partial charge in [-0.3, -0.25) is 9.69 Å². The molecule has 4 rings (SSSR count). The van der Waals surface area contributed by atoms with Crippen molar-refractivity contribution in [3.63, 3.8) is 0 Å². The summed E-state index contributed by atoms with van der Waals surface area (Å²) in [5.41, 5.74) is -2.31. The molecule has 2 aromatic rings. The van der Waals surface area contributed by atoms with Crippen LogP contribution in [-0.2, 0) is 15.7 Å². The van der Waals surface area contributed by atoms with E-state index in [0.29, 0.717) is 18.5 Å². The normalized spacial score (nSPS) is 18.5. The van der Waals surface area contributed by atoms with Crippen molar-refractivity contribution in [3.8, 4) is 11.8 Å². The maximum atomic E-state index is 13.6. The van der Waals surface area contributed by atoms with Gasteiger partial charge in [0.25, 0.3) is 5.91 Å². The molecule has 2 aliphatic rings. The Bertz CT molecular complexity index is 1090. The number of phenolic OH excluding ortho intramolecular Hbond substituents is 1. The van der Waals surface area contributed by atoms with E-state index in [-0.39, 0.29) is 29.8 Å². The van der Waals surface area contributed by atoms with Crippen LogP contribution in [0.15, 0.2) is 42.5 Å². The number of hydrogen-bond donors (Lipinski definition) is 1. The Kier molecular flexibility index (Phi) is 5.11. The number of aromatic hydroxyl groups is 1. The summed E-state index contributed by atoms with van der Waals surface area (Å²) in [6.45, 7) is 0.579. The number of amides is 1. The van der Waals surface area contributed by atoms with Crippen LogP contribution in [0.3, 0.4) is 0 Å². The number of hydrogen-bond acceptors (Lipinski definition) is 5. The minimum atomic E-state index is -4.77. The monoisotopic (exact) mass is 447 g/mol. The third-order valence-corrected chi connectivity index (χ3v) is 5.89. The van der Waals surface area contributed by atoms with Gasteiger partial charge in [-0.05, 0) is 54.7 Å². The average molecular weight is 447 g/mol. The molecular weight excluding hydrogens is 431 g/mol. The maximum Gasteiger partial charge on any atom is 0.417 e. The molecule has 1 amide bonds. The number of anilines is 2. The van der Waals surface area contributed by atoms with Gasteiger partial charge in [0.1, 0.15) is 11.3 Å². The molecule has 0 aliphatic carbocycles. The molecule has 2 aromatic carbocycles. The van der Waals surface area contributed by atoms with Crippen LogP contribution >= 0.6 is 12.2 Å². The number of ether oxygens (including phenoxy) is 1. The van der Waals surface area contributed by atoms with Gasteiger partial charge < -0.3 is 14.7 Å². The van der Waals surface area contributed by atoms with E-state index in [4.69, 9.17) is 22.2 Å². The van der Waals surface area contributed by atoms with E-state index >= 15 is 0 Å². The van der Waals surface area contributed by atoms with Crippen LogP contribution in [0.2, 0.25) is 0 Å². The molecular formula is C21H16F3N3O3S. The van der Waals surface area contributed by atoms with Crippen molar-refractivity contribution in [2.75, 3.05) is 23.0 Å². The van der Waals surface area contributed by atoms with Crippen LogP contribution in [-0.4, -0.2) is 34.9 Å². The Morgan fingerprint density at radius 2 is 1.71 bits per heavy atom. The van der Waals surface area contributed by atoms with E-state index in [1.807, 2.05) is 0 Å². The van der Waals surface area contributed by atoms with Gasteiger partial charge in [-0.1, -0.05) is 0 Å². The highest BCUT2D eigenvalue weighted by molar-refractivity contribution is 7.81. The summed E-state index contributed by atoms with van der Waals surface area (Å²) >= 11 is 5.57. The lowest BCUT2D eigenvalue weighted by atomic mass is 9.88. The highest BCUT2D eigenvalue weighted by Gasteiger charge is 2.57. The van der Waals surface area contributed by atoms with Crippen LogP contribution in [0.4, 0.5) is 24.5 Å². The Morgan fingerprint density at radius 1 is 1.10 bits per heavy atom. The molecule has 2 aliphatic heterocycles. The van der Waals surface area contributed by atoms with E-state index in [1.165, 1.54) is 24.3 Å². The van der Waals surface area contributed by atoms with Crippen molar-refractivity contribution in [3.05, 3.63) is 53.6 Å². The number of nitriles is 1. The minimum absolute atomic E-state index is 0.0235. The second-order valence-electron chi connectivity index (χ2n) is 7.26. The summed E-state index contributed by atoms with van der Waals surface area (Å²) in [5, 5.41) is 18.7. The lowest BCUT2D eigenvalue weighted by Gasteiger charge is -2.38. The fraction of sp³-hybridized carbons (Fsp3) is 0.286. The molecule has 2 heterocycles. The molecule has 160 valence electrons. The second kappa shape index (κ2) is 7.51. The van der Waals surface area contributed by atoms with Crippen LogP contribution in [0.1, 0.15) is 24.0 Å². The van der Waals surface area contributed by atoms with Crippen LogP contribution in [0.5, 0.6) is 5.75 Å². The second-order valence-corrected chi connectivity index (χ2v) is 7.62. The van der Waals surface area contributed by atoms with E-state index in [1.54, 1.807) is 17.0 Å². The van der Waals surface area contributed by atoms with Crippen LogP contribution in [0, 0.1) is 11.3 Å². The molecule has 0 aromatic heterocycles. The zero-order valence-corrected chi connectivity index (χ0v) is 16.8. The van der Waals surface area contributed by atoms with E-state index < -0.39 is 28.7 Å². The molecule has 2 fully saturated rings. The molecule has 0 radical (unpaired) electrons. The summed E-state index contributed by atoms with van der Waals surface area (Å²) < 4.78 is 45.9. The Hall–Kier alpha value is -3.16. The number of benzene rings is 2. The van der Waals surface area contributed by atoms with E-state index in [9.17, 15) is 23.1 Å². The van der Waals surface area contributed by atoms with Crippen molar-refractivity contribution >= 4 is 34.6 Å². The maximum absolute atomic E-state index is 13.6. The van der Waals surface area contributed by atoms with Gasteiger partial charge in [0.2, 0.25) is 0 Å². The Balaban J connectivity index is 1.85. The zero-order chi connectivity index (χ0) is 22.4. The first kappa shape index (κ1) is 21.1. The predicted octanol–water partition coefficient (Wildman–Crippen LogP) is 3.97. The van der Waals surface area contributed by atoms with Crippen molar-refractivity contribution < 1.29 is 27.8 Å². The van der Waals surface area contributed by atoms with Crippen molar-refractivity contribution in [1.82, 2.24) is 0 Å². The van der Waals surface area contributed by atoms with Crippen LogP contribution < -0.4 is 9.80 Å². The van der Waals surface area contributed by atoms with Gasteiger partial charge >= 0.3 is 6.18 Å². The molecule has 1 N–H and O–H groups in total. The quantitative estimate of drug-likeness (QED) is 0.702. The predicted molar refractivity (Wildman–Crippen MR) is 110 cm³/mol. The largest absolute Gasteiger partial charge is 0.508 e. The fourth-order valence-corrected chi connectivity index (χ4v) is 4.48. The molecule has 2 saturated heterocycles. The molecule has 1 spiro atoms. The molecule has 0 saturated carbocycles. The smallest absolute Gasteiger partial charge is 0.417 e. The number of carbonyl (C=O) groups is 1. The number of rotatable bonds is 2. The average Bonchev–Trinajstić information content (AvgIpc) is 2.94. The van der Waals surface area contributed by atoms with Gasteiger partial charge in [-0.25, -0.2) is 0 Å². The van der Waals surface area contributed by atoms with Gasteiger partial charge in [0.15, 0.2) is 5.11 Å². The first-order valence-electron chi connectivity index (χ1n) is 9.36. The standard InChI is InChI=1S/C21H16F3N3O3S/c22-21(23,24)17-11-15(2-1-13(17)12-25)26-18(29)20(7-9-30-10-8-20)27(19(26)31)14-3-5-16(28)6-4-14/h1-6,11,28H,7-10H2. The number of halogens is 3. The molecule has 10 heteroatoms. The zero-order valence-electron chi connectivity index (χ0n) is 16.0. The minimum Gasteiger partial charge on any atom is -0.508 e. The highest BCUT2D eigenvalue weighted by Crippen LogP contribution is 2.43. The summed E-state index contributed by atoms with van der Waals surface area (Å²) in [4.78, 5) is 16.3. The summed E-state index contributed by atoms with van der Waals surface area (Å²) in [6, 6.07) is 10.7. The number of phenols is 1. The molecule has 0 bridgehead atoms. The van der Waals surface area contributed by atoms with Crippen molar-refractivity contribution in [1.29, 1.82) is 5.26 Å². The third kappa shape index (κ3) is 3.40. The highest BCUT2D eigenvalue weighted by atomic mass is 32.1. The van der Waals surface area contributed by atoms with E-state index in [0.717, 1.165) is 17.0 Å². The van der Waals surface area contributed by atoms with E-state index in [2.05, 4.69) is 0 Å². The van der Waals surface area contributed by atoms with Gasteiger partial charge in [-0.2, -0.15) is 18.4 Å². The van der Waals surface area contributed by atoms with Crippen LogP contribution in [0.25, 0.3) is 0 Å². The number of carbonyl (C=O) groups excluding carboxylic acids is 1. The Morgan fingerprint density at radius 3 is 2.29 bits per heavy atom. The third-order valence-electron chi connectivity index (χ3n) is 5.53. The SMILES string of the molecule is N#Cc1ccc(N2C(=O)C3(CCOCC3)N(c3ccc(O)cc3)C2=S)cc1C(F)(F)F. The summed E-state index contributed by atoms with van der Waals surface area (Å²) in [6.07, 6.45) is -4.17. The summed E-state index contributed by atoms with van der Waals surface area (Å²) in [5.74, 6) is -0.424. The Labute approximate surface area is 181 Å². The molecule has 31 heavy (non-hydrogen) atoms. The number of alkyl halides is 3. The van der Waals surface area contributed by atoms with Crippen molar-refractivity contribution in [2.45, 2.75) is 24.6 Å². The first-order valence-corrected chi connectivity index (χ1v) is 9.77. The van der Waals surface area contributed by atoms with Gasteiger partial charge in [0, 0.05) is 31.7 Å². The lowest BCUT2D eigenvalue weighted by Crippen LogP contribution is -2.53. The molecule has 6 nitrogen and oxygen atoms in total. The molecule has 0 unspecified atom stereocenters. The topological polar surface area (TPSA) is 76.8 Å². The van der Waals surface area contributed by atoms with Crippen molar-refractivity contribution in [2.24, 2.45) is 0 Å². The fourth-order valence-electron chi connectivity index (χ4n) is 4.01. The van der Waals surface area contributed by atoms with Gasteiger partial charge in [-0.15, -0.1) is 0 Å². The number of thiocarbonyl (C=S) groups is 1. The number of nitrogens with zero attached hydrogens (tertiary/aromatic N) is 3. The lowest BCUT2D eigenvalue weighted by molar-refractivity contribution is -0.137. The molecule has 0 atom stereocenters. The first-order chi connectivity index (χ1) is 14.7.